The molecule has 1 nitrogen and oxygen atoms in total. The second-order valence-electron chi connectivity index (χ2n) is 2.25. The molecule has 0 aliphatic heterocycles. The van der Waals surface area contributed by atoms with E-state index in [-0.39, 0.29) is 5.69 Å². The van der Waals surface area contributed by atoms with Crippen molar-refractivity contribution in [2.75, 3.05) is 0 Å². The summed E-state index contributed by atoms with van der Waals surface area (Å²) >= 11 is 6.17. The summed E-state index contributed by atoms with van der Waals surface area (Å²) in [6.07, 6.45) is -2.55. The minimum Gasteiger partial charge on any atom is -0.251 e. The van der Waals surface area contributed by atoms with Gasteiger partial charge in [-0.05, 0) is 44.8 Å². The third-order valence-corrected chi connectivity index (χ3v) is 3.26. The van der Waals surface area contributed by atoms with Crippen LogP contribution in [0.15, 0.2) is 15.0 Å². The lowest BCUT2D eigenvalue weighted by Gasteiger charge is -2.05. The number of pyridine rings is 1. The predicted molar refractivity (Wildman–Crippen MR) is 49.3 cm³/mol. The molecule has 5 heteroatoms. The lowest BCUT2D eigenvalue weighted by atomic mass is 10.3. The van der Waals surface area contributed by atoms with Gasteiger partial charge in [-0.2, -0.15) is 0 Å². The third-order valence-electron chi connectivity index (χ3n) is 1.27. The van der Waals surface area contributed by atoms with Crippen LogP contribution >= 0.6 is 31.9 Å². The van der Waals surface area contributed by atoms with Gasteiger partial charge in [0.2, 0.25) is 0 Å². The number of hydrogen-bond donors (Lipinski definition) is 0. The standard InChI is InChI=1S/C7H5Br2F2N/c1-3-2-4(8)5(9)6(12-3)7(10)11/h2,7H,1H3. The minimum atomic E-state index is -2.55. The molecule has 0 aromatic carbocycles. The maximum atomic E-state index is 12.3. The molecule has 0 radical (unpaired) electrons. The number of rotatable bonds is 1. The first-order valence-corrected chi connectivity index (χ1v) is 4.71. The van der Waals surface area contributed by atoms with Gasteiger partial charge in [0, 0.05) is 10.2 Å². The first-order valence-electron chi connectivity index (χ1n) is 3.13. The van der Waals surface area contributed by atoms with E-state index in [4.69, 9.17) is 0 Å². The number of nitrogens with zero attached hydrogens (tertiary/aromatic N) is 1. The molecule has 12 heavy (non-hydrogen) atoms. The van der Waals surface area contributed by atoms with Crippen LogP contribution in [0.4, 0.5) is 8.78 Å². The van der Waals surface area contributed by atoms with Crippen molar-refractivity contribution in [3.8, 4) is 0 Å². The van der Waals surface area contributed by atoms with Gasteiger partial charge in [-0.3, -0.25) is 4.98 Å². The average molecular weight is 301 g/mol. The Kier molecular flexibility index (Phi) is 3.17. The summed E-state index contributed by atoms with van der Waals surface area (Å²) in [5.41, 5.74) is 0.349. The molecule has 1 heterocycles. The molecule has 0 saturated carbocycles. The Balaban J connectivity index is 3.28. The number of aromatic nitrogens is 1. The van der Waals surface area contributed by atoms with E-state index >= 15 is 0 Å². The molecule has 66 valence electrons. The van der Waals surface area contributed by atoms with Crippen LogP contribution in [0.1, 0.15) is 17.8 Å². The largest absolute Gasteiger partial charge is 0.281 e. The second-order valence-corrected chi connectivity index (χ2v) is 3.89. The summed E-state index contributed by atoms with van der Waals surface area (Å²) in [6.45, 7) is 1.67. The number of aryl methyl sites for hydroxylation is 1. The van der Waals surface area contributed by atoms with Crippen molar-refractivity contribution in [1.29, 1.82) is 0 Å². The fraction of sp³-hybridized carbons (Fsp3) is 0.286. The van der Waals surface area contributed by atoms with E-state index in [1.807, 2.05) is 0 Å². The zero-order chi connectivity index (χ0) is 9.30. The Morgan fingerprint density at radius 1 is 1.42 bits per heavy atom. The van der Waals surface area contributed by atoms with Gasteiger partial charge in [0.25, 0.3) is 6.43 Å². The highest BCUT2D eigenvalue weighted by molar-refractivity contribution is 9.13. The van der Waals surface area contributed by atoms with Crippen LogP contribution in [0.5, 0.6) is 0 Å². The van der Waals surface area contributed by atoms with Gasteiger partial charge in [-0.1, -0.05) is 0 Å². The summed E-state index contributed by atoms with van der Waals surface area (Å²) < 4.78 is 25.5. The summed E-state index contributed by atoms with van der Waals surface area (Å²) in [6, 6.07) is 1.68. The number of alkyl halides is 2. The van der Waals surface area contributed by atoms with Crippen molar-refractivity contribution in [1.82, 2.24) is 4.98 Å². The van der Waals surface area contributed by atoms with Crippen LogP contribution in [0.2, 0.25) is 0 Å². The van der Waals surface area contributed by atoms with Crippen molar-refractivity contribution in [2.24, 2.45) is 0 Å². The van der Waals surface area contributed by atoms with Crippen LogP contribution in [-0.4, -0.2) is 4.98 Å². The highest BCUT2D eigenvalue weighted by atomic mass is 79.9. The summed E-state index contributed by atoms with van der Waals surface area (Å²) in [4.78, 5) is 3.71. The Morgan fingerprint density at radius 2 is 2.00 bits per heavy atom. The highest BCUT2D eigenvalue weighted by Crippen LogP contribution is 2.31. The Hall–Kier alpha value is -0.0300. The number of halogens is 4. The molecule has 1 rings (SSSR count). The molecule has 0 aliphatic carbocycles. The maximum Gasteiger partial charge on any atom is 0.281 e. The van der Waals surface area contributed by atoms with Crippen LogP contribution in [0, 0.1) is 6.92 Å². The molecular formula is C7H5Br2F2N. The molecule has 1 aromatic rings. The Labute approximate surface area is 85.4 Å². The van der Waals surface area contributed by atoms with Gasteiger partial charge in [0.1, 0.15) is 5.69 Å². The molecule has 0 saturated heterocycles. The normalized spacial score (nSPS) is 10.8. The van der Waals surface area contributed by atoms with Crippen LogP contribution in [0.25, 0.3) is 0 Å². The monoisotopic (exact) mass is 299 g/mol. The third kappa shape index (κ3) is 2.01. The topological polar surface area (TPSA) is 12.9 Å². The molecule has 0 bridgehead atoms. The van der Waals surface area contributed by atoms with E-state index in [2.05, 4.69) is 36.8 Å². The molecule has 0 aliphatic rings. The summed E-state index contributed by atoms with van der Waals surface area (Å²) in [7, 11) is 0. The van der Waals surface area contributed by atoms with E-state index in [1.54, 1.807) is 13.0 Å². The van der Waals surface area contributed by atoms with Gasteiger partial charge in [0.05, 0.1) is 4.47 Å². The van der Waals surface area contributed by atoms with E-state index in [9.17, 15) is 8.78 Å². The van der Waals surface area contributed by atoms with Crippen LogP contribution < -0.4 is 0 Å². The molecule has 0 fully saturated rings. The Morgan fingerprint density at radius 3 is 2.50 bits per heavy atom. The van der Waals surface area contributed by atoms with Crippen molar-refractivity contribution >= 4 is 31.9 Å². The molecule has 0 unspecified atom stereocenters. The van der Waals surface area contributed by atoms with Gasteiger partial charge in [-0.25, -0.2) is 8.78 Å². The van der Waals surface area contributed by atoms with Gasteiger partial charge < -0.3 is 0 Å². The molecule has 1 aromatic heterocycles. The van der Waals surface area contributed by atoms with Gasteiger partial charge >= 0.3 is 0 Å². The van der Waals surface area contributed by atoms with E-state index in [0.717, 1.165) is 0 Å². The van der Waals surface area contributed by atoms with Crippen molar-refractivity contribution in [3.05, 3.63) is 26.4 Å². The zero-order valence-corrected chi connectivity index (χ0v) is 9.29. The molecule has 0 amide bonds. The lowest BCUT2D eigenvalue weighted by Crippen LogP contribution is -1.94. The van der Waals surface area contributed by atoms with Crippen LogP contribution in [0.3, 0.4) is 0 Å². The lowest BCUT2D eigenvalue weighted by molar-refractivity contribution is 0.145. The Bertz CT molecular complexity index is 302. The molecule has 0 N–H and O–H groups in total. The summed E-state index contributed by atoms with van der Waals surface area (Å²) in [5, 5.41) is 0. The van der Waals surface area contributed by atoms with E-state index < -0.39 is 6.43 Å². The van der Waals surface area contributed by atoms with Crippen molar-refractivity contribution in [2.45, 2.75) is 13.3 Å². The summed E-state index contributed by atoms with van der Waals surface area (Å²) in [5.74, 6) is 0. The number of hydrogen-bond acceptors (Lipinski definition) is 1. The van der Waals surface area contributed by atoms with Crippen LogP contribution in [-0.2, 0) is 0 Å². The molecule has 0 spiro atoms. The van der Waals surface area contributed by atoms with E-state index in [1.165, 1.54) is 0 Å². The fourth-order valence-electron chi connectivity index (χ4n) is 0.785. The van der Waals surface area contributed by atoms with Crippen molar-refractivity contribution < 1.29 is 8.78 Å². The average Bonchev–Trinajstić information content (AvgIpc) is 1.96. The fourth-order valence-corrected chi connectivity index (χ4v) is 1.70. The molecule has 0 atom stereocenters. The quantitative estimate of drug-likeness (QED) is 0.767. The SMILES string of the molecule is Cc1cc(Br)c(Br)c(C(F)F)n1. The maximum absolute atomic E-state index is 12.3. The smallest absolute Gasteiger partial charge is 0.251 e. The predicted octanol–water partition coefficient (Wildman–Crippen LogP) is 3.85. The minimum absolute atomic E-state index is 0.220. The van der Waals surface area contributed by atoms with Gasteiger partial charge in [-0.15, -0.1) is 0 Å². The van der Waals surface area contributed by atoms with Gasteiger partial charge in [0.15, 0.2) is 0 Å². The first-order chi connectivity index (χ1) is 5.52. The molecular weight excluding hydrogens is 296 g/mol. The second kappa shape index (κ2) is 3.79. The highest BCUT2D eigenvalue weighted by Gasteiger charge is 2.15. The first kappa shape index (κ1) is 10.1. The zero-order valence-electron chi connectivity index (χ0n) is 6.11. The van der Waals surface area contributed by atoms with E-state index in [0.29, 0.717) is 14.6 Å². The van der Waals surface area contributed by atoms with Crippen molar-refractivity contribution in [3.63, 3.8) is 0 Å².